The number of rotatable bonds is 8. The molecule has 1 saturated carbocycles. The smallest absolute Gasteiger partial charge is 0.150 e. The summed E-state index contributed by atoms with van der Waals surface area (Å²) in [7, 11) is -2.86. The van der Waals surface area contributed by atoms with Gasteiger partial charge in [0.25, 0.3) is 0 Å². The lowest BCUT2D eigenvalue weighted by Gasteiger charge is -2.29. The molecule has 0 bridgehead atoms. The van der Waals surface area contributed by atoms with Gasteiger partial charge in [-0.2, -0.15) is 0 Å². The first-order valence-corrected chi connectivity index (χ1v) is 9.57. The second-order valence-corrected chi connectivity index (χ2v) is 8.03. The SMILES string of the molecule is CCCN(CC)CCNC1CCCC(S(C)(=O)=O)C1. The van der Waals surface area contributed by atoms with E-state index in [2.05, 4.69) is 24.1 Å². The van der Waals surface area contributed by atoms with E-state index < -0.39 is 9.84 Å². The predicted octanol–water partition coefficient (Wildman–Crippen LogP) is 1.66. The van der Waals surface area contributed by atoms with Gasteiger partial charge in [0.2, 0.25) is 0 Å². The molecule has 0 heterocycles. The van der Waals surface area contributed by atoms with Crippen molar-refractivity contribution in [1.29, 1.82) is 0 Å². The van der Waals surface area contributed by atoms with Crippen LogP contribution < -0.4 is 5.32 Å². The molecule has 0 aliphatic heterocycles. The van der Waals surface area contributed by atoms with Gasteiger partial charge >= 0.3 is 0 Å². The van der Waals surface area contributed by atoms with Crippen molar-refractivity contribution < 1.29 is 8.42 Å². The summed E-state index contributed by atoms with van der Waals surface area (Å²) in [5.41, 5.74) is 0. The first-order valence-electron chi connectivity index (χ1n) is 7.62. The molecule has 4 nitrogen and oxygen atoms in total. The highest BCUT2D eigenvalue weighted by Crippen LogP contribution is 2.23. The number of sulfone groups is 1. The van der Waals surface area contributed by atoms with E-state index in [4.69, 9.17) is 0 Å². The van der Waals surface area contributed by atoms with E-state index in [9.17, 15) is 8.42 Å². The highest BCUT2D eigenvalue weighted by atomic mass is 32.2. The monoisotopic (exact) mass is 290 g/mol. The van der Waals surface area contributed by atoms with Crippen LogP contribution in [0.3, 0.4) is 0 Å². The summed E-state index contributed by atoms with van der Waals surface area (Å²) in [6.07, 6.45) is 6.34. The number of hydrogen-bond acceptors (Lipinski definition) is 4. The number of nitrogens with one attached hydrogen (secondary N) is 1. The van der Waals surface area contributed by atoms with Gasteiger partial charge < -0.3 is 10.2 Å². The summed E-state index contributed by atoms with van der Waals surface area (Å²) >= 11 is 0. The average Bonchev–Trinajstić information content (AvgIpc) is 2.37. The van der Waals surface area contributed by atoms with Crippen LogP contribution in [0.15, 0.2) is 0 Å². The van der Waals surface area contributed by atoms with E-state index >= 15 is 0 Å². The van der Waals surface area contributed by atoms with Crippen LogP contribution in [0.2, 0.25) is 0 Å². The first kappa shape index (κ1) is 16.9. The minimum absolute atomic E-state index is 0.128. The van der Waals surface area contributed by atoms with E-state index in [1.807, 2.05) is 0 Å². The molecule has 0 aromatic carbocycles. The van der Waals surface area contributed by atoms with Gasteiger partial charge in [-0.1, -0.05) is 20.3 Å². The number of nitrogens with zero attached hydrogens (tertiary/aromatic N) is 1. The molecule has 0 aromatic rings. The van der Waals surface area contributed by atoms with Crippen molar-refractivity contribution in [1.82, 2.24) is 10.2 Å². The molecule has 114 valence electrons. The summed E-state index contributed by atoms with van der Waals surface area (Å²) in [6, 6.07) is 0.383. The molecule has 1 aliphatic carbocycles. The van der Waals surface area contributed by atoms with Crippen LogP contribution in [0.5, 0.6) is 0 Å². The standard InChI is InChI=1S/C14H30N2O2S/c1-4-10-16(5-2)11-9-15-13-7-6-8-14(12-13)19(3,17)18/h13-15H,4-12H2,1-3H3. The molecule has 0 radical (unpaired) electrons. The molecule has 1 aliphatic rings. The van der Waals surface area contributed by atoms with Crippen LogP contribution in [0.4, 0.5) is 0 Å². The van der Waals surface area contributed by atoms with Gasteiger partial charge in [0.1, 0.15) is 9.84 Å². The minimum Gasteiger partial charge on any atom is -0.313 e. The third-order valence-corrected chi connectivity index (χ3v) is 5.72. The van der Waals surface area contributed by atoms with E-state index in [0.717, 1.165) is 51.9 Å². The van der Waals surface area contributed by atoms with Gasteiger partial charge in [-0.25, -0.2) is 8.42 Å². The topological polar surface area (TPSA) is 49.4 Å². The molecule has 0 saturated heterocycles. The third kappa shape index (κ3) is 6.23. The summed E-state index contributed by atoms with van der Waals surface area (Å²) in [4.78, 5) is 2.43. The maximum Gasteiger partial charge on any atom is 0.150 e. The Hall–Kier alpha value is -0.130. The lowest BCUT2D eigenvalue weighted by Crippen LogP contribution is -2.42. The molecule has 0 aromatic heterocycles. The molecule has 1 rings (SSSR count). The van der Waals surface area contributed by atoms with Crippen LogP contribution in [-0.2, 0) is 9.84 Å². The van der Waals surface area contributed by atoms with Gasteiger partial charge in [-0.05, 0) is 38.8 Å². The van der Waals surface area contributed by atoms with Crippen molar-refractivity contribution in [2.75, 3.05) is 32.4 Å². The molecular weight excluding hydrogens is 260 g/mol. The fraction of sp³-hybridized carbons (Fsp3) is 1.00. The van der Waals surface area contributed by atoms with Crippen molar-refractivity contribution in [3.8, 4) is 0 Å². The van der Waals surface area contributed by atoms with Gasteiger partial charge in [0, 0.05) is 25.4 Å². The molecule has 5 heteroatoms. The van der Waals surface area contributed by atoms with Gasteiger partial charge in [0.15, 0.2) is 0 Å². The second-order valence-electron chi connectivity index (χ2n) is 5.70. The quantitative estimate of drug-likeness (QED) is 0.739. The molecule has 0 spiro atoms. The van der Waals surface area contributed by atoms with Crippen LogP contribution in [0.1, 0.15) is 46.0 Å². The zero-order chi connectivity index (χ0) is 14.3. The summed E-state index contributed by atoms with van der Waals surface area (Å²) in [5.74, 6) is 0. The Bertz CT molecular complexity index is 343. The minimum atomic E-state index is -2.86. The molecule has 1 N–H and O–H groups in total. The Morgan fingerprint density at radius 3 is 2.53 bits per heavy atom. The number of hydrogen-bond donors (Lipinski definition) is 1. The van der Waals surface area contributed by atoms with Crippen LogP contribution in [0.25, 0.3) is 0 Å². The predicted molar refractivity (Wildman–Crippen MR) is 81.3 cm³/mol. The van der Waals surface area contributed by atoms with E-state index in [1.165, 1.54) is 12.7 Å². The van der Waals surface area contributed by atoms with Crippen molar-refractivity contribution in [2.45, 2.75) is 57.2 Å². The number of likely N-dealkylation sites (N-methyl/N-ethyl adjacent to an activating group) is 1. The summed E-state index contributed by atoms with van der Waals surface area (Å²) in [5, 5.41) is 3.41. The Morgan fingerprint density at radius 1 is 1.21 bits per heavy atom. The van der Waals surface area contributed by atoms with E-state index in [-0.39, 0.29) is 5.25 Å². The van der Waals surface area contributed by atoms with Crippen molar-refractivity contribution in [3.63, 3.8) is 0 Å². The molecule has 0 amide bonds. The fourth-order valence-electron chi connectivity index (χ4n) is 2.89. The van der Waals surface area contributed by atoms with Crippen molar-refractivity contribution in [2.24, 2.45) is 0 Å². The molecular formula is C14H30N2O2S. The van der Waals surface area contributed by atoms with Crippen LogP contribution >= 0.6 is 0 Å². The fourth-order valence-corrected chi connectivity index (χ4v) is 4.07. The lowest BCUT2D eigenvalue weighted by molar-refractivity contribution is 0.273. The van der Waals surface area contributed by atoms with Crippen molar-refractivity contribution in [3.05, 3.63) is 0 Å². The Labute approximate surface area is 118 Å². The highest BCUT2D eigenvalue weighted by molar-refractivity contribution is 7.91. The Morgan fingerprint density at radius 2 is 1.95 bits per heavy atom. The molecule has 2 unspecified atom stereocenters. The summed E-state index contributed by atoms with van der Waals surface area (Å²) < 4.78 is 23.2. The van der Waals surface area contributed by atoms with E-state index in [0.29, 0.717) is 6.04 Å². The third-order valence-electron chi connectivity index (χ3n) is 4.08. The highest BCUT2D eigenvalue weighted by Gasteiger charge is 2.28. The molecule has 1 fully saturated rings. The van der Waals surface area contributed by atoms with Gasteiger partial charge in [-0.3, -0.25) is 0 Å². The van der Waals surface area contributed by atoms with Crippen LogP contribution in [0, 0.1) is 0 Å². The summed E-state index contributed by atoms with van der Waals surface area (Å²) in [6.45, 7) is 8.66. The normalized spacial score (nSPS) is 24.8. The Kier molecular flexibility index (Phi) is 7.32. The molecule has 2 atom stereocenters. The average molecular weight is 290 g/mol. The molecule has 19 heavy (non-hydrogen) atoms. The zero-order valence-corrected chi connectivity index (χ0v) is 13.5. The van der Waals surface area contributed by atoms with Crippen LogP contribution in [-0.4, -0.2) is 57.0 Å². The van der Waals surface area contributed by atoms with E-state index in [1.54, 1.807) is 0 Å². The van der Waals surface area contributed by atoms with Gasteiger partial charge in [0.05, 0.1) is 5.25 Å². The van der Waals surface area contributed by atoms with Crippen molar-refractivity contribution >= 4 is 9.84 Å². The zero-order valence-electron chi connectivity index (χ0n) is 12.7. The second kappa shape index (κ2) is 8.22. The largest absolute Gasteiger partial charge is 0.313 e. The maximum absolute atomic E-state index is 11.6. The van der Waals surface area contributed by atoms with Gasteiger partial charge in [-0.15, -0.1) is 0 Å². The first-order chi connectivity index (χ1) is 8.97. The Balaban J connectivity index is 2.29. The maximum atomic E-state index is 11.6. The lowest BCUT2D eigenvalue weighted by atomic mass is 9.95.